The summed E-state index contributed by atoms with van der Waals surface area (Å²) in [6.45, 7) is -0.951. The van der Waals surface area contributed by atoms with Crippen molar-refractivity contribution in [3.05, 3.63) is 0 Å². The highest BCUT2D eigenvalue weighted by Crippen LogP contribution is 1.65. The summed E-state index contributed by atoms with van der Waals surface area (Å²) in [5, 5.41) is 25.5. The van der Waals surface area contributed by atoms with E-state index in [9.17, 15) is 5.11 Å². The quantitative estimate of drug-likeness (QED) is 0.401. The average molecular weight is 91.1 g/mol. The molecular formula is C3H7O3-. The molecule has 0 aromatic rings. The molecular weight excluding hydrogens is 84.0 g/mol. The van der Waals surface area contributed by atoms with Crippen molar-refractivity contribution in [1.29, 1.82) is 0 Å². The zero-order chi connectivity index (χ0) is 4.99. The molecule has 0 amide bonds. The smallest absolute Gasteiger partial charge is 0.0327 e. The van der Waals surface area contributed by atoms with E-state index in [2.05, 4.69) is 0 Å². The lowest BCUT2D eigenvalue weighted by Crippen LogP contribution is -2.32. The minimum Gasteiger partial charge on any atom is -0.849 e. The summed E-state index contributed by atoms with van der Waals surface area (Å²) < 4.78 is 0. The molecule has 2 N–H and O–H groups in total. The van der Waals surface area contributed by atoms with Crippen LogP contribution < -0.4 is 5.11 Å². The summed E-state index contributed by atoms with van der Waals surface area (Å²) in [7, 11) is 0. The molecule has 0 aromatic carbocycles. The Morgan fingerprint density at radius 3 is 1.67 bits per heavy atom. The monoisotopic (exact) mass is 91.0 g/mol. The Bertz CT molecular complexity index is 25.2. The van der Waals surface area contributed by atoms with Crippen LogP contribution in [0.1, 0.15) is 0 Å². The number of rotatable bonds is 2. The molecule has 0 heterocycles. The topological polar surface area (TPSA) is 63.5 Å². The molecule has 0 saturated heterocycles. The number of aliphatic hydroxyl groups is 2. The molecule has 3 heteroatoms. The van der Waals surface area contributed by atoms with E-state index in [-0.39, 0.29) is 0 Å². The molecule has 0 bridgehead atoms. The van der Waals surface area contributed by atoms with Crippen molar-refractivity contribution >= 4 is 0 Å². The highest BCUT2D eigenvalue weighted by molar-refractivity contribution is 4.41. The van der Waals surface area contributed by atoms with Gasteiger partial charge in [0.1, 0.15) is 0 Å². The molecule has 0 radical (unpaired) electrons. The fraction of sp³-hybridized carbons (Fsp3) is 1.00. The standard InChI is InChI=1S/C3H7O3/c4-1-3(6)2-5/h3-5H,1-2H2/q-1. The van der Waals surface area contributed by atoms with Crippen molar-refractivity contribution < 1.29 is 15.3 Å². The molecule has 0 rings (SSSR count). The van der Waals surface area contributed by atoms with Gasteiger partial charge in [0.25, 0.3) is 0 Å². The minimum atomic E-state index is -1.20. The van der Waals surface area contributed by atoms with E-state index in [0.29, 0.717) is 0 Å². The van der Waals surface area contributed by atoms with Gasteiger partial charge in [0.15, 0.2) is 0 Å². The Hall–Kier alpha value is -0.120. The van der Waals surface area contributed by atoms with E-state index in [1.807, 2.05) is 0 Å². The average Bonchev–Trinajstić information content (AvgIpc) is 1.65. The molecule has 3 nitrogen and oxygen atoms in total. The van der Waals surface area contributed by atoms with Gasteiger partial charge in [-0.25, -0.2) is 0 Å². The predicted octanol–water partition coefficient (Wildman–Crippen LogP) is -2.30. The Balaban J connectivity index is 2.75. The zero-order valence-corrected chi connectivity index (χ0v) is 3.29. The normalized spacial score (nSPS) is 10.0. The van der Waals surface area contributed by atoms with E-state index < -0.39 is 19.3 Å². The van der Waals surface area contributed by atoms with Crippen LogP contribution in [0.2, 0.25) is 0 Å². The third kappa shape index (κ3) is 2.14. The molecule has 0 aromatic heterocycles. The first kappa shape index (κ1) is 5.88. The maximum absolute atomic E-state index is 9.76. The molecule has 0 fully saturated rings. The van der Waals surface area contributed by atoms with Crippen LogP contribution in [-0.2, 0) is 0 Å². The summed E-state index contributed by atoms with van der Waals surface area (Å²) in [4.78, 5) is 0. The lowest BCUT2D eigenvalue weighted by Gasteiger charge is -2.13. The maximum atomic E-state index is 9.76. The Morgan fingerprint density at radius 1 is 1.33 bits per heavy atom. The lowest BCUT2D eigenvalue weighted by atomic mass is 10.4. The van der Waals surface area contributed by atoms with Gasteiger partial charge in [-0.1, -0.05) is 6.10 Å². The van der Waals surface area contributed by atoms with Gasteiger partial charge in [-0.2, -0.15) is 0 Å². The van der Waals surface area contributed by atoms with Crippen LogP contribution in [0.25, 0.3) is 0 Å². The Kier molecular flexibility index (Phi) is 3.02. The van der Waals surface area contributed by atoms with Crippen LogP contribution in [0.4, 0.5) is 0 Å². The van der Waals surface area contributed by atoms with Crippen LogP contribution in [0.3, 0.4) is 0 Å². The largest absolute Gasteiger partial charge is 0.849 e. The summed E-state index contributed by atoms with van der Waals surface area (Å²) in [5.41, 5.74) is 0. The van der Waals surface area contributed by atoms with Crippen molar-refractivity contribution in [1.82, 2.24) is 0 Å². The summed E-state index contributed by atoms with van der Waals surface area (Å²) in [5.74, 6) is 0. The third-order valence-electron chi connectivity index (χ3n) is 0.407. The van der Waals surface area contributed by atoms with E-state index in [0.717, 1.165) is 0 Å². The zero-order valence-electron chi connectivity index (χ0n) is 3.29. The summed E-state index contributed by atoms with van der Waals surface area (Å²) >= 11 is 0. The summed E-state index contributed by atoms with van der Waals surface area (Å²) in [6.07, 6.45) is -1.20. The highest BCUT2D eigenvalue weighted by atomic mass is 16.3. The van der Waals surface area contributed by atoms with Gasteiger partial charge >= 0.3 is 0 Å². The molecule has 0 aliphatic carbocycles. The Labute approximate surface area is 35.9 Å². The van der Waals surface area contributed by atoms with Crippen LogP contribution in [0.5, 0.6) is 0 Å². The van der Waals surface area contributed by atoms with Crippen LogP contribution in [0, 0.1) is 0 Å². The lowest BCUT2D eigenvalue weighted by molar-refractivity contribution is -0.430. The minimum absolute atomic E-state index is 0.476. The van der Waals surface area contributed by atoms with Crippen molar-refractivity contribution in [3.8, 4) is 0 Å². The molecule has 0 aliphatic rings. The van der Waals surface area contributed by atoms with Crippen LogP contribution in [0.15, 0.2) is 0 Å². The van der Waals surface area contributed by atoms with Gasteiger partial charge in [-0.15, -0.1) is 0 Å². The second kappa shape index (κ2) is 3.08. The van der Waals surface area contributed by atoms with Gasteiger partial charge in [0.2, 0.25) is 0 Å². The maximum Gasteiger partial charge on any atom is 0.0327 e. The first-order valence-corrected chi connectivity index (χ1v) is 1.68. The molecule has 6 heavy (non-hydrogen) atoms. The van der Waals surface area contributed by atoms with Crippen molar-refractivity contribution in [3.63, 3.8) is 0 Å². The van der Waals surface area contributed by atoms with Gasteiger partial charge in [0, 0.05) is 13.2 Å². The second-order valence-electron chi connectivity index (χ2n) is 0.987. The van der Waals surface area contributed by atoms with Crippen LogP contribution in [-0.4, -0.2) is 29.5 Å². The fourth-order valence-corrected chi connectivity index (χ4v) is 0.0577. The Morgan fingerprint density at radius 2 is 1.67 bits per heavy atom. The number of aliphatic hydroxyl groups excluding tert-OH is 2. The molecule has 38 valence electrons. The van der Waals surface area contributed by atoms with Gasteiger partial charge < -0.3 is 15.3 Å². The van der Waals surface area contributed by atoms with Crippen LogP contribution >= 0.6 is 0 Å². The van der Waals surface area contributed by atoms with Gasteiger partial charge in [-0.05, 0) is 0 Å². The number of hydrogen-bond donors (Lipinski definition) is 2. The third-order valence-corrected chi connectivity index (χ3v) is 0.407. The van der Waals surface area contributed by atoms with E-state index >= 15 is 0 Å². The van der Waals surface area contributed by atoms with Crippen molar-refractivity contribution in [2.75, 3.05) is 13.2 Å². The van der Waals surface area contributed by atoms with Crippen molar-refractivity contribution in [2.24, 2.45) is 0 Å². The first-order chi connectivity index (χ1) is 2.81. The van der Waals surface area contributed by atoms with Gasteiger partial charge in [-0.3, -0.25) is 0 Å². The summed E-state index contributed by atoms with van der Waals surface area (Å²) in [6, 6.07) is 0. The fourth-order valence-electron chi connectivity index (χ4n) is 0.0577. The molecule has 0 spiro atoms. The predicted molar refractivity (Wildman–Crippen MR) is 18.0 cm³/mol. The molecule has 0 aliphatic heterocycles. The molecule has 0 unspecified atom stereocenters. The van der Waals surface area contributed by atoms with Gasteiger partial charge in [0.05, 0.1) is 0 Å². The number of hydrogen-bond acceptors (Lipinski definition) is 3. The van der Waals surface area contributed by atoms with Crippen molar-refractivity contribution in [2.45, 2.75) is 6.10 Å². The van der Waals surface area contributed by atoms with E-state index in [1.54, 1.807) is 0 Å². The highest BCUT2D eigenvalue weighted by Gasteiger charge is 1.81. The first-order valence-electron chi connectivity index (χ1n) is 1.68. The molecule has 0 atom stereocenters. The molecule has 0 saturated carbocycles. The second-order valence-corrected chi connectivity index (χ2v) is 0.987. The SMILES string of the molecule is [O-]C(CO)CO. The van der Waals surface area contributed by atoms with E-state index in [1.165, 1.54) is 0 Å². The van der Waals surface area contributed by atoms with E-state index in [4.69, 9.17) is 10.2 Å².